The van der Waals surface area contributed by atoms with Gasteiger partial charge in [0.25, 0.3) is 0 Å². The fourth-order valence-electron chi connectivity index (χ4n) is 2.98. The zero-order valence-corrected chi connectivity index (χ0v) is 16.7. The van der Waals surface area contributed by atoms with Crippen LogP contribution >= 0.6 is 0 Å². The largest absolute Gasteiger partial charge is 0.465 e. The summed E-state index contributed by atoms with van der Waals surface area (Å²) in [4.78, 5) is 11.6. The third kappa shape index (κ3) is 4.74. The van der Waals surface area contributed by atoms with Gasteiger partial charge < -0.3 is 4.74 Å². The number of esters is 1. The second-order valence-electron chi connectivity index (χ2n) is 6.32. The smallest absolute Gasteiger partial charge is 0.340 e. The summed E-state index contributed by atoms with van der Waals surface area (Å²) in [5, 5.41) is 0. The number of alkyl halides is 1. The fraction of sp³-hybridized carbons (Fsp3) is 0.350. The summed E-state index contributed by atoms with van der Waals surface area (Å²) in [6.07, 6.45) is -1.19. The van der Waals surface area contributed by atoms with Crippen molar-refractivity contribution in [3.8, 4) is 0 Å². The molecule has 0 radical (unpaired) electrons. The number of hydrogen-bond acceptors (Lipinski definition) is 4. The number of hydrogen-bond donors (Lipinski definition) is 0. The lowest BCUT2D eigenvalue weighted by Gasteiger charge is -2.31. The molecule has 0 aromatic heterocycles. The summed E-state index contributed by atoms with van der Waals surface area (Å²) >= 11 is 0. The van der Waals surface area contributed by atoms with E-state index in [4.69, 9.17) is 0 Å². The first-order valence-electron chi connectivity index (χ1n) is 8.80. The van der Waals surface area contributed by atoms with Crippen LogP contribution in [0.15, 0.2) is 53.4 Å². The predicted molar refractivity (Wildman–Crippen MR) is 102 cm³/mol. The number of carbonyl (C=O) groups excluding carboxylic acids is 1. The van der Waals surface area contributed by atoms with E-state index in [2.05, 4.69) is 4.74 Å². The average molecular weight is 411 g/mol. The van der Waals surface area contributed by atoms with Gasteiger partial charge in [0.15, 0.2) is 0 Å². The Morgan fingerprint density at radius 2 is 1.82 bits per heavy atom. The van der Waals surface area contributed by atoms with E-state index < -0.39 is 34.0 Å². The zero-order valence-electron chi connectivity index (χ0n) is 15.9. The average Bonchev–Trinajstić information content (AvgIpc) is 2.67. The Morgan fingerprint density at radius 1 is 1.18 bits per heavy atom. The number of nitrogens with zero attached hydrogens (tertiary/aromatic N) is 1. The molecular formula is C20H23F2NO4S. The van der Waals surface area contributed by atoms with Crippen LogP contribution in [0.4, 0.5) is 8.78 Å². The normalized spacial score (nSPS) is 13.9. The number of benzene rings is 2. The maximum absolute atomic E-state index is 14.3. The second kappa shape index (κ2) is 9.25. The van der Waals surface area contributed by atoms with Crippen LogP contribution in [0.2, 0.25) is 0 Å². The lowest BCUT2D eigenvalue weighted by Crippen LogP contribution is -2.44. The Labute approximate surface area is 164 Å². The molecule has 28 heavy (non-hydrogen) atoms. The molecule has 0 N–H and O–H groups in total. The summed E-state index contributed by atoms with van der Waals surface area (Å²) in [7, 11) is -2.88. The number of ether oxygens (including phenoxy) is 1. The molecule has 2 atom stereocenters. The van der Waals surface area contributed by atoms with Gasteiger partial charge in [0.1, 0.15) is 12.0 Å². The zero-order chi connectivity index (χ0) is 20.9. The minimum absolute atomic E-state index is 0.0285. The van der Waals surface area contributed by atoms with Crippen molar-refractivity contribution < 1.29 is 26.7 Å². The topological polar surface area (TPSA) is 63.7 Å². The summed E-state index contributed by atoms with van der Waals surface area (Å²) < 4.78 is 60.3. The van der Waals surface area contributed by atoms with Crippen molar-refractivity contribution in [2.24, 2.45) is 0 Å². The molecule has 0 aliphatic heterocycles. The molecule has 0 fully saturated rings. The second-order valence-corrected chi connectivity index (χ2v) is 8.21. The van der Waals surface area contributed by atoms with Gasteiger partial charge in [0.05, 0.1) is 23.6 Å². The van der Waals surface area contributed by atoms with E-state index in [1.165, 1.54) is 31.2 Å². The Kier molecular flexibility index (Phi) is 7.26. The number of methoxy groups -OCH3 is 1. The summed E-state index contributed by atoms with van der Waals surface area (Å²) in [6.45, 7) is 2.75. The first-order valence-corrected chi connectivity index (χ1v) is 10.2. The van der Waals surface area contributed by atoms with Gasteiger partial charge in [-0.3, -0.25) is 0 Å². The van der Waals surface area contributed by atoms with Gasteiger partial charge in [-0.1, -0.05) is 31.2 Å². The van der Waals surface area contributed by atoms with Gasteiger partial charge in [-0.25, -0.2) is 22.0 Å². The lowest BCUT2D eigenvalue weighted by molar-refractivity contribution is 0.0595. The van der Waals surface area contributed by atoms with Crippen molar-refractivity contribution in [1.82, 2.24) is 4.31 Å². The quantitative estimate of drug-likeness (QED) is 0.618. The Balaban J connectivity index is 2.47. The predicted octanol–water partition coefficient (Wildman–Crippen LogP) is 3.94. The Morgan fingerprint density at radius 3 is 2.32 bits per heavy atom. The molecule has 152 valence electrons. The molecule has 0 heterocycles. The van der Waals surface area contributed by atoms with E-state index in [0.717, 1.165) is 17.5 Å². The van der Waals surface area contributed by atoms with Crippen LogP contribution in [0.1, 0.15) is 36.2 Å². The molecule has 2 rings (SSSR count). The number of rotatable bonds is 8. The van der Waals surface area contributed by atoms with Crippen LogP contribution in [-0.2, 0) is 21.3 Å². The Bertz CT molecular complexity index is 917. The molecule has 0 aliphatic carbocycles. The minimum atomic E-state index is -4.02. The molecule has 2 aromatic rings. The first kappa shape index (κ1) is 22.0. The van der Waals surface area contributed by atoms with Crippen molar-refractivity contribution in [2.75, 3.05) is 7.11 Å². The van der Waals surface area contributed by atoms with E-state index in [1.54, 1.807) is 25.1 Å². The fourth-order valence-corrected chi connectivity index (χ4v) is 4.74. The number of halogens is 2. The van der Waals surface area contributed by atoms with E-state index in [1.807, 2.05) is 0 Å². The summed E-state index contributed by atoms with van der Waals surface area (Å²) in [6, 6.07) is 10.5. The van der Waals surface area contributed by atoms with Crippen LogP contribution in [-0.4, -0.2) is 38.0 Å². The summed E-state index contributed by atoms with van der Waals surface area (Å²) in [5.74, 6) is -1.66. The monoisotopic (exact) mass is 411 g/mol. The molecule has 0 spiro atoms. The van der Waals surface area contributed by atoms with Gasteiger partial charge in [-0.05, 0) is 43.2 Å². The number of carbonyl (C=O) groups is 1. The van der Waals surface area contributed by atoms with Gasteiger partial charge in [0.2, 0.25) is 10.0 Å². The minimum Gasteiger partial charge on any atom is -0.465 e. The van der Waals surface area contributed by atoms with Crippen molar-refractivity contribution in [2.45, 2.75) is 43.9 Å². The highest BCUT2D eigenvalue weighted by molar-refractivity contribution is 7.89. The molecule has 2 unspecified atom stereocenters. The molecule has 2 aromatic carbocycles. The van der Waals surface area contributed by atoms with Crippen LogP contribution in [0.3, 0.4) is 0 Å². The molecule has 0 bridgehead atoms. The van der Waals surface area contributed by atoms with Crippen molar-refractivity contribution >= 4 is 16.0 Å². The Hall–Kier alpha value is -2.32. The van der Waals surface area contributed by atoms with Crippen LogP contribution < -0.4 is 0 Å². The molecule has 0 saturated carbocycles. The van der Waals surface area contributed by atoms with Crippen molar-refractivity contribution in [3.05, 3.63) is 65.5 Å². The van der Waals surface area contributed by atoms with E-state index >= 15 is 0 Å². The van der Waals surface area contributed by atoms with E-state index in [0.29, 0.717) is 5.56 Å². The molecule has 0 saturated heterocycles. The highest BCUT2D eigenvalue weighted by Gasteiger charge is 2.34. The third-order valence-corrected chi connectivity index (χ3v) is 6.33. The summed E-state index contributed by atoms with van der Waals surface area (Å²) in [5.41, 5.74) is 0.0402. The van der Waals surface area contributed by atoms with Gasteiger partial charge in [-0.15, -0.1) is 0 Å². The first-order chi connectivity index (χ1) is 13.2. The maximum Gasteiger partial charge on any atom is 0.340 e. The molecule has 0 aliphatic rings. The molecule has 5 nitrogen and oxygen atoms in total. The van der Waals surface area contributed by atoms with Gasteiger partial charge in [-0.2, -0.15) is 4.31 Å². The third-order valence-electron chi connectivity index (χ3n) is 4.45. The van der Waals surface area contributed by atoms with Gasteiger partial charge in [0, 0.05) is 6.54 Å². The van der Waals surface area contributed by atoms with E-state index in [-0.39, 0.29) is 23.4 Å². The van der Waals surface area contributed by atoms with Crippen molar-refractivity contribution in [1.29, 1.82) is 0 Å². The highest BCUT2D eigenvalue weighted by atomic mass is 32.2. The van der Waals surface area contributed by atoms with Crippen LogP contribution in [0.25, 0.3) is 0 Å². The lowest BCUT2D eigenvalue weighted by atomic mass is 10.1. The van der Waals surface area contributed by atoms with Gasteiger partial charge >= 0.3 is 5.97 Å². The number of sulfonamides is 1. The maximum atomic E-state index is 14.3. The standard InChI is InChI=1S/C20H23F2NO4S/c1-4-19(14(2)21)23(28(25,26)16-8-6-5-7-9-16)13-15-10-11-17(18(22)12-15)20(24)27-3/h5-12,14,19H,4,13H2,1-3H3. The van der Waals surface area contributed by atoms with Crippen LogP contribution in [0, 0.1) is 5.82 Å². The highest BCUT2D eigenvalue weighted by Crippen LogP contribution is 2.26. The molecule has 8 heteroatoms. The molecule has 0 amide bonds. The van der Waals surface area contributed by atoms with Crippen molar-refractivity contribution in [3.63, 3.8) is 0 Å². The molecular weight excluding hydrogens is 388 g/mol. The van der Waals surface area contributed by atoms with Crippen LogP contribution in [0.5, 0.6) is 0 Å². The SMILES string of the molecule is CCC(C(C)F)N(Cc1ccc(C(=O)OC)c(F)c1)S(=O)(=O)c1ccccc1. The van der Waals surface area contributed by atoms with E-state index in [9.17, 15) is 22.0 Å².